The predicted molar refractivity (Wildman–Crippen MR) is 93.6 cm³/mol. The fraction of sp³-hybridized carbons (Fsp3) is 0.588. The lowest BCUT2D eigenvalue weighted by Crippen LogP contribution is -2.42. The van der Waals surface area contributed by atoms with E-state index in [1.165, 1.54) is 12.6 Å². The highest BCUT2D eigenvalue weighted by atomic mass is 32.2. The van der Waals surface area contributed by atoms with Crippen LogP contribution in [0.3, 0.4) is 0 Å². The van der Waals surface area contributed by atoms with E-state index in [4.69, 9.17) is 4.74 Å². The van der Waals surface area contributed by atoms with E-state index in [0.29, 0.717) is 13.1 Å². The Kier molecular flexibility index (Phi) is 6.23. The highest BCUT2D eigenvalue weighted by Crippen LogP contribution is 2.28. The number of hydrogen-bond acceptors (Lipinski definition) is 4. The zero-order chi connectivity index (χ0) is 17.7. The molecule has 0 radical (unpaired) electrons. The van der Waals surface area contributed by atoms with Gasteiger partial charge in [0, 0.05) is 26.1 Å². The third-order valence-electron chi connectivity index (χ3n) is 4.54. The van der Waals surface area contributed by atoms with E-state index in [1.54, 1.807) is 12.0 Å². The van der Waals surface area contributed by atoms with Crippen LogP contribution in [0.5, 0.6) is 5.75 Å². The van der Waals surface area contributed by atoms with Crippen LogP contribution in [0, 0.1) is 0 Å². The zero-order valence-corrected chi connectivity index (χ0v) is 15.4. The number of nitrogens with zero attached hydrogens (tertiary/aromatic N) is 2. The Bertz CT molecular complexity index is 658. The maximum Gasteiger partial charge on any atom is 0.237 e. The Morgan fingerprint density at radius 2 is 1.96 bits per heavy atom. The molecule has 0 N–H and O–H groups in total. The normalized spacial score (nSPS) is 19.2. The third-order valence-corrected chi connectivity index (χ3v) is 5.80. The molecule has 1 fully saturated rings. The van der Waals surface area contributed by atoms with Gasteiger partial charge in [-0.25, -0.2) is 8.42 Å². The molecule has 0 bridgehead atoms. The summed E-state index contributed by atoms with van der Waals surface area (Å²) in [5.41, 5.74) is 1.19. The van der Waals surface area contributed by atoms with Gasteiger partial charge in [-0.3, -0.25) is 4.79 Å². The Labute approximate surface area is 144 Å². The van der Waals surface area contributed by atoms with E-state index in [-0.39, 0.29) is 18.4 Å². The summed E-state index contributed by atoms with van der Waals surface area (Å²) in [5.74, 6) is 0.948. The van der Waals surface area contributed by atoms with Crippen molar-refractivity contribution in [2.75, 3.05) is 40.0 Å². The summed E-state index contributed by atoms with van der Waals surface area (Å²) in [4.78, 5) is 14.3. The van der Waals surface area contributed by atoms with Gasteiger partial charge in [0.25, 0.3) is 0 Å². The molecular weight excluding hydrogens is 328 g/mol. The Balaban J connectivity index is 2.07. The van der Waals surface area contributed by atoms with Crippen LogP contribution in [0.4, 0.5) is 0 Å². The van der Waals surface area contributed by atoms with Crippen LogP contribution in [-0.2, 0) is 14.8 Å². The minimum Gasteiger partial charge on any atom is -0.497 e. The van der Waals surface area contributed by atoms with Gasteiger partial charge in [0.1, 0.15) is 5.75 Å². The average molecular weight is 354 g/mol. The van der Waals surface area contributed by atoms with Crippen molar-refractivity contribution in [3.8, 4) is 5.75 Å². The molecule has 0 spiro atoms. The summed E-state index contributed by atoms with van der Waals surface area (Å²) in [6.07, 6.45) is 4.14. The van der Waals surface area contributed by atoms with Crippen LogP contribution in [0.15, 0.2) is 24.3 Å². The molecule has 7 heteroatoms. The molecule has 1 aliphatic rings. The number of amides is 1. The van der Waals surface area contributed by atoms with Gasteiger partial charge in [-0.05, 0) is 30.5 Å². The van der Waals surface area contributed by atoms with E-state index < -0.39 is 10.0 Å². The number of carbonyl (C=O) groups is 1. The van der Waals surface area contributed by atoms with Gasteiger partial charge in [0.2, 0.25) is 15.9 Å². The summed E-state index contributed by atoms with van der Waals surface area (Å²) in [6.45, 7) is 1.21. The highest BCUT2D eigenvalue weighted by Gasteiger charge is 2.25. The molecule has 0 aliphatic carbocycles. The summed E-state index contributed by atoms with van der Waals surface area (Å²) in [6, 6.07) is 7.95. The number of carbonyl (C=O) groups excluding carboxylic acids is 1. The van der Waals surface area contributed by atoms with E-state index in [9.17, 15) is 13.2 Å². The first-order chi connectivity index (χ1) is 11.3. The van der Waals surface area contributed by atoms with Gasteiger partial charge < -0.3 is 9.64 Å². The van der Waals surface area contributed by atoms with Crippen LogP contribution in [0.2, 0.25) is 0 Å². The first-order valence-corrected chi connectivity index (χ1v) is 9.99. The Morgan fingerprint density at radius 3 is 2.54 bits per heavy atom. The molecule has 6 nitrogen and oxygen atoms in total. The summed E-state index contributed by atoms with van der Waals surface area (Å²) in [5, 5.41) is 0. The number of likely N-dealkylation sites (tertiary alicyclic amines) is 1. The number of hydrogen-bond donors (Lipinski definition) is 0. The molecule has 1 aromatic carbocycles. The van der Waals surface area contributed by atoms with Gasteiger partial charge in [0.05, 0.1) is 19.9 Å². The van der Waals surface area contributed by atoms with Crippen molar-refractivity contribution >= 4 is 15.9 Å². The lowest BCUT2D eigenvalue weighted by atomic mass is 9.94. The molecule has 1 atom stereocenters. The van der Waals surface area contributed by atoms with Gasteiger partial charge in [-0.2, -0.15) is 4.31 Å². The molecule has 1 saturated heterocycles. The van der Waals surface area contributed by atoms with E-state index in [2.05, 4.69) is 0 Å². The maximum atomic E-state index is 12.5. The van der Waals surface area contributed by atoms with Crippen LogP contribution in [0.25, 0.3) is 0 Å². The van der Waals surface area contributed by atoms with Gasteiger partial charge in [-0.1, -0.05) is 18.6 Å². The number of methoxy groups -OCH3 is 1. The second-order valence-electron chi connectivity index (χ2n) is 6.32. The second kappa shape index (κ2) is 7.98. The minimum absolute atomic E-state index is 0.103. The molecule has 134 valence electrons. The van der Waals surface area contributed by atoms with Crippen molar-refractivity contribution in [2.45, 2.75) is 25.2 Å². The zero-order valence-electron chi connectivity index (χ0n) is 14.6. The topological polar surface area (TPSA) is 66.9 Å². The summed E-state index contributed by atoms with van der Waals surface area (Å²) < 4.78 is 29.3. The monoisotopic (exact) mass is 354 g/mol. The molecule has 0 saturated carbocycles. The quantitative estimate of drug-likeness (QED) is 0.807. The van der Waals surface area contributed by atoms with Gasteiger partial charge >= 0.3 is 0 Å². The fourth-order valence-electron chi connectivity index (χ4n) is 2.92. The maximum absolute atomic E-state index is 12.5. The Morgan fingerprint density at radius 1 is 1.29 bits per heavy atom. The SMILES string of the molecule is COc1ccc([C@@H]2CCCCN(C(=O)CN(C)S(C)(=O)=O)C2)cc1. The molecule has 1 aromatic rings. The van der Waals surface area contributed by atoms with Gasteiger partial charge in [-0.15, -0.1) is 0 Å². The molecular formula is C17H26N2O4S. The predicted octanol–water partition coefficient (Wildman–Crippen LogP) is 1.68. The molecule has 2 rings (SSSR count). The molecule has 0 aromatic heterocycles. The molecule has 24 heavy (non-hydrogen) atoms. The molecule has 0 unspecified atom stereocenters. The lowest BCUT2D eigenvalue weighted by Gasteiger charge is -2.26. The number of ether oxygens (including phenoxy) is 1. The molecule has 1 heterocycles. The number of benzene rings is 1. The molecule has 1 aliphatic heterocycles. The first kappa shape index (κ1) is 18.7. The second-order valence-corrected chi connectivity index (χ2v) is 8.41. The van der Waals surface area contributed by atoms with Crippen LogP contribution < -0.4 is 4.74 Å². The fourth-order valence-corrected chi connectivity index (χ4v) is 3.27. The minimum atomic E-state index is -3.35. The van der Waals surface area contributed by atoms with Crippen molar-refractivity contribution in [3.63, 3.8) is 0 Å². The van der Waals surface area contributed by atoms with Crippen LogP contribution in [-0.4, -0.2) is 63.6 Å². The third kappa shape index (κ3) is 4.95. The van der Waals surface area contributed by atoms with Crippen molar-refractivity contribution < 1.29 is 17.9 Å². The number of sulfonamides is 1. The van der Waals surface area contributed by atoms with E-state index in [1.807, 2.05) is 24.3 Å². The van der Waals surface area contributed by atoms with Crippen LogP contribution >= 0.6 is 0 Å². The van der Waals surface area contributed by atoms with Crippen molar-refractivity contribution in [1.82, 2.24) is 9.21 Å². The largest absolute Gasteiger partial charge is 0.497 e. The summed E-state index contributed by atoms with van der Waals surface area (Å²) in [7, 11) is -0.272. The van der Waals surface area contributed by atoms with E-state index >= 15 is 0 Å². The lowest BCUT2D eigenvalue weighted by molar-refractivity contribution is -0.131. The number of likely N-dealkylation sites (N-methyl/N-ethyl adjacent to an activating group) is 1. The highest BCUT2D eigenvalue weighted by molar-refractivity contribution is 7.88. The van der Waals surface area contributed by atoms with E-state index in [0.717, 1.165) is 35.6 Å². The molecule has 1 amide bonds. The van der Waals surface area contributed by atoms with Gasteiger partial charge in [0.15, 0.2) is 0 Å². The average Bonchev–Trinajstić information content (AvgIpc) is 2.80. The smallest absolute Gasteiger partial charge is 0.237 e. The van der Waals surface area contributed by atoms with Crippen LogP contribution in [0.1, 0.15) is 30.7 Å². The number of rotatable bonds is 5. The Hall–Kier alpha value is -1.60. The van der Waals surface area contributed by atoms with Crippen molar-refractivity contribution in [1.29, 1.82) is 0 Å². The van der Waals surface area contributed by atoms with Crippen molar-refractivity contribution in [2.24, 2.45) is 0 Å². The summed E-state index contributed by atoms with van der Waals surface area (Å²) >= 11 is 0. The standard InChI is InChI=1S/C17H26N2O4S/c1-18(24(3,21)22)13-17(20)19-11-5-4-6-15(12-19)14-7-9-16(23-2)10-8-14/h7-10,15H,4-6,11-13H2,1-3H3/t15-/m1/s1. The first-order valence-electron chi connectivity index (χ1n) is 8.14. The van der Waals surface area contributed by atoms with Crippen molar-refractivity contribution in [3.05, 3.63) is 29.8 Å².